The Balaban J connectivity index is 2.00. The first-order valence-corrected chi connectivity index (χ1v) is 7.13. The quantitative estimate of drug-likeness (QED) is 0.875. The minimum absolute atomic E-state index is 0.217. The highest BCUT2D eigenvalue weighted by Gasteiger charge is 2.51. The molecule has 2 aliphatic carbocycles. The molecular weight excluding hydrogens is 238 g/mol. The van der Waals surface area contributed by atoms with Gasteiger partial charge in [0.05, 0.1) is 6.42 Å². The molecule has 2 bridgehead atoms. The first kappa shape index (κ1) is 12.7. The van der Waals surface area contributed by atoms with Crippen molar-refractivity contribution in [3.05, 3.63) is 35.4 Å². The summed E-state index contributed by atoms with van der Waals surface area (Å²) >= 11 is 0. The number of fused-ring (bicyclic) bond motifs is 3. The van der Waals surface area contributed by atoms with Gasteiger partial charge in [0.15, 0.2) is 0 Å². The third-order valence-electron chi connectivity index (χ3n) is 5.28. The molecule has 2 N–H and O–H groups in total. The maximum atomic E-state index is 11.3. The summed E-state index contributed by atoms with van der Waals surface area (Å²) in [4.78, 5) is 11.3. The fourth-order valence-electron chi connectivity index (χ4n) is 4.34. The average molecular weight is 259 g/mol. The van der Waals surface area contributed by atoms with E-state index in [2.05, 4.69) is 29.6 Å². The predicted molar refractivity (Wildman–Crippen MR) is 74.1 cm³/mol. The van der Waals surface area contributed by atoms with E-state index in [-0.39, 0.29) is 12.0 Å². The lowest BCUT2D eigenvalue weighted by atomic mass is 9.76. The van der Waals surface area contributed by atoms with E-state index in [0.29, 0.717) is 11.8 Å². The molecule has 0 spiro atoms. The minimum Gasteiger partial charge on any atom is -0.481 e. The van der Waals surface area contributed by atoms with Gasteiger partial charge in [-0.2, -0.15) is 0 Å². The number of hydrogen-bond acceptors (Lipinski definition) is 2. The molecular formula is C16H21NO2. The van der Waals surface area contributed by atoms with Gasteiger partial charge >= 0.3 is 5.97 Å². The van der Waals surface area contributed by atoms with E-state index in [1.165, 1.54) is 11.1 Å². The van der Waals surface area contributed by atoms with Crippen LogP contribution in [0.15, 0.2) is 24.3 Å². The second-order valence-corrected chi connectivity index (χ2v) is 6.01. The average Bonchev–Trinajstić information content (AvgIpc) is 2.61. The van der Waals surface area contributed by atoms with Gasteiger partial charge in [-0.3, -0.25) is 4.79 Å². The Labute approximate surface area is 114 Å². The Bertz CT molecular complexity index is 464. The maximum Gasteiger partial charge on any atom is 0.305 e. The predicted octanol–water partition coefficient (Wildman–Crippen LogP) is 2.24. The fourth-order valence-corrected chi connectivity index (χ4v) is 4.34. The van der Waals surface area contributed by atoms with Gasteiger partial charge in [0.1, 0.15) is 0 Å². The van der Waals surface area contributed by atoms with Gasteiger partial charge in [-0.05, 0) is 55.7 Å². The number of benzene rings is 1. The summed E-state index contributed by atoms with van der Waals surface area (Å²) in [6, 6.07) is 8.60. The van der Waals surface area contributed by atoms with Crippen LogP contribution in [-0.4, -0.2) is 23.7 Å². The summed E-state index contributed by atoms with van der Waals surface area (Å²) in [7, 11) is 1.93. The van der Waals surface area contributed by atoms with E-state index < -0.39 is 5.97 Å². The van der Waals surface area contributed by atoms with Gasteiger partial charge in [0.25, 0.3) is 0 Å². The number of carbonyl (C=O) groups is 1. The number of aliphatic carboxylic acids is 1. The van der Waals surface area contributed by atoms with Gasteiger partial charge in [0.2, 0.25) is 0 Å². The topological polar surface area (TPSA) is 49.3 Å². The Morgan fingerprint density at radius 1 is 1.26 bits per heavy atom. The lowest BCUT2D eigenvalue weighted by Gasteiger charge is -2.38. The summed E-state index contributed by atoms with van der Waals surface area (Å²) in [6.45, 7) is 0. The van der Waals surface area contributed by atoms with Crippen LogP contribution in [0, 0.1) is 11.8 Å². The number of hydrogen-bond donors (Lipinski definition) is 2. The summed E-state index contributed by atoms with van der Waals surface area (Å²) < 4.78 is 0. The first-order valence-electron chi connectivity index (χ1n) is 7.13. The Hall–Kier alpha value is -1.35. The largest absolute Gasteiger partial charge is 0.481 e. The zero-order valence-corrected chi connectivity index (χ0v) is 11.4. The van der Waals surface area contributed by atoms with Gasteiger partial charge in [-0.1, -0.05) is 24.3 Å². The van der Waals surface area contributed by atoms with E-state index in [1.807, 2.05) is 7.05 Å². The van der Waals surface area contributed by atoms with Crippen LogP contribution in [-0.2, 0) is 17.6 Å². The van der Waals surface area contributed by atoms with E-state index in [4.69, 9.17) is 0 Å². The van der Waals surface area contributed by atoms with E-state index >= 15 is 0 Å². The van der Waals surface area contributed by atoms with Crippen LogP contribution in [0.2, 0.25) is 0 Å². The molecule has 0 amide bonds. The lowest BCUT2D eigenvalue weighted by Crippen LogP contribution is -2.53. The van der Waals surface area contributed by atoms with E-state index in [1.54, 1.807) is 0 Å². The fraction of sp³-hybridized carbons (Fsp3) is 0.562. The number of rotatable bonds is 3. The third-order valence-corrected chi connectivity index (χ3v) is 5.28. The van der Waals surface area contributed by atoms with Gasteiger partial charge in [-0.15, -0.1) is 0 Å². The monoisotopic (exact) mass is 259 g/mol. The molecule has 0 saturated heterocycles. The Kier molecular flexibility index (Phi) is 3.09. The summed E-state index contributed by atoms with van der Waals surface area (Å²) in [5.41, 5.74) is 2.62. The van der Waals surface area contributed by atoms with Crippen molar-refractivity contribution in [2.45, 2.75) is 37.6 Å². The summed E-state index contributed by atoms with van der Waals surface area (Å²) in [5, 5.41) is 12.7. The van der Waals surface area contributed by atoms with Crippen LogP contribution in [0.3, 0.4) is 0 Å². The zero-order chi connectivity index (χ0) is 13.5. The Morgan fingerprint density at radius 2 is 1.79 bits per heavy atom. The van der Waals surface area contributed by atoms with Crippen molar-refractivity contribution in [2.75, 3.05) is 7.05 Å². The second kappa shape index (κ2) is 4.64. The molecule has 2 aliphatic rings. The molecule has 0 aliphatic heterocycles. The maximum absolute atomic E-state index is 11.3. The van der Waals surface area contributed by atoms with Crippen molar-refractivity contribution >= 4 is 5.97 Å². The molecule has 0 heterocycles. The van der Waals surface area contributed by atoms with Crippen molar-refractivity contribution in [1.82, 2.24) is 5.32 Å². The molecule has 2 atom stereocenters. The van der Waals surface area contributed by atoms with Crippen molar-refractivity contribution in [3.8, 4) is 0 Å². The van der Waals surface area contributed by atoms with Crippen molar-refractivity contribution in [1.29, 1.82) is 0 Å². The zero-order valence-electron chi connectivity index (χ0n) is 11.4. The summed E-state index contributed by atoms with van der Waals surface area (Å²) in [6.07, 6.45) is 4.56. The van der Waals surface area contributed by atoms with Crippen LogP contribution in [0.4, 0.5) is 0 Å². The highest BCUT2D eigenvalue weighted by atomic mass is 16.4. The van der Waals surface area contributed by atoms with Crippen LogP contribution in [0.5, 0.6) is 0 Å². The molecule has 3 nitrogen and oxygen atoms in total. The highest BCUT2D eigenvalue weighted by Crippen LogP contribution is 2.48. The molecule has 1 aromatic carbocycles. The molecule has 102 valence electrons. The third kappa shape index (κ3) is 1.96. The Morgan fingerprint density at radius 3 is 2.21 bits per heavy atom. The molecule has 0 aromatic heterocycles. The van der Waals surface area contributed by atoms with Crippen LogP contribution >= 0.6 is 0 Å². The SMILES string of the molecule is CNC1(CC(=O)O)C2CCC1Cc1ccccc1C2. The number of carboxylic acid groups (broad SMARTS) is 1. The van der Waals surface area contributed by atoms with Gasteiger partial charge in [-0.25, -0.2) is 0 Å². The lowest BCUT2D eigenvalue weighted by molar-refractivity contribution is -0.139. The van der Waals surface area contributed by atoms with Crippen LogP contribution in [0.25, 0.3) is 0 Å². The smallest absolute Gasteiger partial charge is 0.305 e. The van der Waals surface area contributed by atoms with Crippen LogP contribution in [0.1, 0.15) is 30.4 Å². The van der Waals surface area contributed by atoms with Gasteiger partial charge < -0.3 is 10.4 Å². The highest BCUT2D eigenvalue weighted by molar-refractivity contribution is 5.69. The molecule has 0 radical (unpaired) electrons. The molecule has 1 fully saturated rings. The molecule has 3 heteroatoms. The first-order chi connectivity index (χ1) is 9.15. The number of carboxylic acids is 1. The van der Waals surface area contributed by atoms with Crippen molar-refractivity contribution in [3.63, 3.8) is 0 Å². The normalized spacial score (nSPS) is 32.7. The second-order valence-electron chi connectivity index (χ2n) is 6.01. The van der Waals surface area contributed by atoms with E-state index in [9.17, 15) is 9.90 Å². The molecule has 3 rings (SSSR count). The van der Waals surface area contributed by atoms with E-state index in [0.717, 1.165) is 25.7 Å². The van der Waals surface area contributed by atoms with Crippen molar-refractivity contribution in [2.24, 2.45) is 11.8 Å². The molecule has 1 saturated carbocycles. The van der Waals surface area contributed by atoms with Crippen molar-refractivity contribution < 1.29 is 9.90 Å². The molecule has 1 aromatic rings. The standard InChI is InChI=1S/C16H21NO2/c1-17-16(10-15(18)19)13-6-7-14(16)9-12-5-3-2-4-11(12)8-13/h2-5,13-14,17H,6-10H2,1H3,(H,18,19). The van der Waals surface area contributed by atoms with Gasteiger partial charge in [0, 0.05) is 5.54 Å². The molecule has 2 unspecified atom stereocenters. The summed E-state index contributed by atoms with van der Waals surface area (Å²) in [5.74, 6) is 0.210. The number of nitrogens with one attached hydrogen (secondary N) is 1. The van der Waals surface area contributed by atoms with Crippen LogP contribution < -0.4 is 5.32 Å². The molecule has 19 heavy (non-hydrogen) atoms. The minimum atomic E-state index is -0.683.